The number of nitrogens with one attached hydrogen (secondary N) is 1. The zero-order valence-corrected chi connectivity index (χ0v) is 16.4. The molecule has 8 heteroatoms. The van der Waals surface area contributed by atoms with Gasteiger partial charge in [-0.25, -0.2) is 8.42 Å². The van der Waals surface area contributed by atoms with Crippen LogP contribution in [0.25, 0.3) is 0 Å². The lowest BCUT2D eigenvalue weighted by Crippen LogP contribution is -2.30. The Morgan fingerprint density at radius 2 is 1.89 bits per heavy atom. The van der Waals surface area contributed by atoms with Crippen molar-refractivity contribution in [2.75, 3.05) is 18.1 Å². The summed E-state index contributed by atoms with van der Waals surface area (Å²) < 4.78 is 24.2. The second kappa shape index (κ2) is 7.63. The number of phenols is 1. The van der Waals surface area contributed by atoms with Gasteiger partial charge >= 0.3 is 0 Å². The molecular formula is C20H22N2O5S. The summed E-state index contributed by atoms with van der Waals surface area (Å²) in [5, 5.41) is 12.7. The first-order chi connectivity index (χ1) is 13.2. The van der Waals surface area contributed by atoms with Gasteiger partial charge in [-0.3, -0.25) is 9.59 Å². The van der Waals surface area contributed by atoms with Crippen molar-refractivity contribution in [3.8, 4) is 5.75 Å². The average Bonchev–Trinajstić information content (AvgIpc) is 2.99. The summed E-state index contributed by atoms with van der Waals surface area (Å²) >= 11 is 0. The molecule has 0 aliphatic carbocycles. The number of amides is 2. The van der Waals surface area contributed by atoms with E-state index >= 15 is 0 Å². The number of carbonyl (C=O) groups excluding carboxylic acids is 2. The highest BCUT2D eigenvalue weighted by molar-refractivity contribution is 7.91. The van der Waals surface area contributed by atoms with Gasteiger partial charge in [0.05, 0.1) is 28.3 Å². The number of aromatic hydroxyl groups is 1. The minimum atomic E-state index is -3.49. The van der Waals surface area contributed by atoms with E-state index < -0.39 is 27.7 Å². The van der Waals surface area contributed by atoms with E-state index in [1.54, 1.807) is 7.05 Å². The van der Waals surface area contributed by atoms with E-state index in [0.29, 0.717) is 0 Å². The van der Waals surface area contributed by atoms with Crippen LogP contribution < -0.4 is 5.32 Å². The molecule has 1 aliphatic heterocycles. The maximum Gasteiger partial charge on any atom is 0.230 e. The number of hydrogen-bond acceptors (Lipinski definition) is 5. The maximum atomic E-state index is 12.9. The number of likely N-dealkylation sites (tertiary alicyclic amines) is 1. The molecule has 3 rings (SSSR count). The van der Waals surface area contributed by atoms with Crippen molar-refractivity contribution >= 4 is 27.3 Å². The maximum absolute atomic E-state index is 12.9. The van der Waals surface area contributed by atoms with Gasteiger partial charge in [0.15, 0.2) is 9.84 Å². The molecule has 2 aromatic rings. The molecule has 148 valence electrons. The van der Waals surface area contributed by atoms with Crippen molar-refractivity contribution < 1.29 is 23.1 Å². The topological polar surface area (TPSA) is 104 Å². The molecule has 0 aromatic heterocycles. The molecule has 0 bridgehead atoms. The molecule has 28 heavy (non-hydrogen) atoms. The van der Waals surface area contributed by atoms with Crippen molar-refractivity contribution in [3.63, 3.8) is 0 Å². The molecule has 0 saturated carbocycles. The number of anilines is 1. The van der Waals surface area contributed by atoms with Gasteiger partial charge in [-0.1, -0.05) is 37.3 Å². The van der Waals surface area contributed by atoms with Crippen molar-refractivity contribution in [2.24, 2.45) is 5.92 Å². The van der Waals surface area contributed by atoms with E-state index in [2.05, 4.69) is 5.32 Å². The molecule has 2 atom stereocenters. The van der Waals surface area contributed by atoms with Crippen LogP contribution in [0.1, 0.15) is 24.9 Å². The highest BCUT2D eigenvalue weighted by Gasteiger charge is 2.42. The van der Waals surface area contributed by atoms with Gasteiger partial charge in [0.25, 0.3) is 0 Å². The first-order valence-electron chi connectivity index (χ1n) is 8.92. The Balaban J connectivity index is 1.90. The number of benzene rings is 2. The molecule has 1 heterocycles. The number of sulfone groups is 1. The summed E-state index contributed by atoms with van der Waals surface area (Å²) in [6, 6.07) is 12.6. The Morgan fingerprint density at radius 1 is 1.21 bits per heavy atom. The van der Waals surface area contributed by atoms with E-state index in [0.717, 1.165) is 5.56 Å². The van der Waals surface area contributed by atoms with Crippen molar-refractivity contribution in [2.45, 2.75) is 24.3 Å². The highest BCUT2D eigenvalue weighted by Crippen LogP contribution is 2.38. The van der Waals surface area contributed by atoms with Gasteiger partial charge in [0.2, 0.25) is 11.8 Å². The third kappa shape index (κ3) is 3.73. The number of nitrogens with zero attached hydrogens (tertiary/aromatic N) is 1. The molecule has 7 nitrogen and oxygen atoms in total. The molecule has 0 radical (unpaired) electrons. The van der Waals surface area contributed by atoms with Gasteiger partial charge in [-0.05, 0) is 23.8 Å². The van der Waals surface area contributed by atoms with Crippen LogP contribution in [0.15, 0.2) is 53.4 Å². The fraction of sp³-hybridized carbons (Fsp3) is 0.300. The van der Waals surface area contributed by atoms with Crippen LogP contribution in [0, 0.1) is 5.92 Å². The quantitative estimate of drug-likeness (QED) is 0.747. The minimum Gasteiger partial charge on any atom is -0.506 e. The molecule has 0 spiro atoms. The van der Waals surface area contributed by atoms with Gasteiger partial charge in [0.1, 0.15) is 5.75 Å². The van der Waals surface area contributed by atoms with Gasteiger partial charge in [0, 0.05) is 13.5 Å². The first-order valence-corrected chi connectivity index (χ1v) is 10.6. The first kappa shape index (κ1) is 19.9. The van der Waals surface area contributed by atoms with Crippen LogP contribution in [0.3, 0.4) is 0 Å². The van der Waals surface area contributed by atoms with E-state index in [1.165, 1.54) is 30.0 Å². The normalized spacial score (nSPS) is 19.6. The molecule has 2 N–H and O–H groups in total. The Hall–Kier alpha value is -2.87. The predicted molar refractivity (Wildman–Crippen MR) is 105 cm³/mol. The van der Waals surface area contributed by atoms with Crippen LogP contribution in [0.5, 0.6) is 5.75 Å². The summed E-state index contributed by atoms with van der Waals surface area (Å²) in [5.74, 6) is -1.60. The largest absolute Gasteiger partial charge is 0.506 e. The monoisotopic (exact) mass is 402 g/mol. The third-order valence-electron chi connectivity index (χ3n) is 5.03. The molecule has 2 unspecified atom stereocenters. The molecule has 1 fully saturated rings. The zero-order valence-electron chi connectivity index (χ0n) is 15.6. The lowest BCUT2D eigenvalue weighted by Gasteiger charge is -2.25. The summed E-state index contributed by atoms with van der Waals surface area (Å²) in [4.78, 5) is 26.7. The van der Waals surface area contributed by atoms with Gasteiger partial charge in [-0.15, -0.1) is 0 Å². The third-order valence-corrected chi connectivity index (χ3v) is 6.76. The molecular weight excluding hydrogens is 380 g/mol. The average molecular weight is 402 g/mol. The number of carbonyl (C=O) groups is 2. The SMILES string of the molecule is CCS(=O)(=O)c1ccc(O)c(NC(=O)C2CC(=O)N(C)C2c2ccccc2)c1. The molecule has 1 saturated heterocycles. The van der Waals surface area contributed by atoms with Crippen molar-refractivity contribution in [3.05, 3.63) is 54.1 Å². The van der Waals surface area contributed by atoms with E-state index in [4.69, 9.17) is 0 Å². The summed E-state index contributed by atoms with van der Waals surface area (Å²) in [7, 11) is -1.84. The number of rotatable bonds is 5. The van der Waals surface area contributed by atoms with E-state index in [-0.39, 0.29) is 34.4 Å². The zero-order chi connectivity index (χ0) is 20.5. The Kier molecular flexibility index (Phi) is 5.42. The van der Waals surface area contributed by atoms with Crippen LogP contribution in [0.2, 0.25) is 0 Å². The fourth-order valence-electron chi connectivity index (χ4n) is 3.41. The predicted octanol–water partition coefficient (Wildman–Crippen LogP) is 2.34. The number of hydrogen-bond donors (Lipinski definition) is 2. The summed E-state index contributed by atoms with van der Waals surface area (Å²) in [5.41, 5.74) is 0.843. The lowest BCUT2D eigenvalue weighted by atomic mass is 9.93. The van der Waals surface area contributed by atoms with Crippen LogP contribution in [0.4, 0.5) is 5.69 Å². The fourth-order valence-corrected chi connectivity index (χ4v) is 4.32. The minimum absolute atomic E-state index is 0.00772. The van der Waals surface area contributed by atoms with Crippen molar-refractivity contribution in [1.29, 1.82) is 0 Å². The standard InChI is InChI=1S/C20H22N2O5S/c1-3-28(26,27)14-9-10-17(23)16(11-14)21-20(25)15-12-18(24)22(2)19(15)13-7-5-4-6-8-13/h4-11,15,19,23H,3,12H2,1-2H3,(H,21,25). The molecule has 2 aromatic carbocycles. The molecule has 1 aliphatic rings. The Labute approximate surface area is 163 Å². The van der Waals surface area contributed by atoms with E-state index in [1.807, 2.05) is 30.3 Å². The van der Waals surface area contributed by atoms with Gasteiger partial charge < -0.3 is 15.3 Å². The lowest BCUT2D eigenvalue weighted by molar-refractivity contribution is -0.127. The van der Waals surface area contributed by atoms with E-state index in [9.17, 15) is 23.1 Å². The summed E-state index contributed by atoms with van der Waals surface area (Å²) in [6.45, 7) is 1.52. The van der Waals surface area contributed by atoms with Crippen LogP contribution in [-0.4, -0.2) is 43.0 Å². The highest BCUT2D eigenvalue weighted by atomic mass is 32.2. The van der Waals surface area contributed by atoms with Crippen LogP contribution in [-0.2, 0) is 19.4 Å². The second-order valence-corrected chi connectivity index (χ2v) is 9.02. The Bertz CT molecular complexity index is 1000. The Morgan fingerprint density at radius 3 is 2.54 bits per heavy atom. The smallest absolute Gasteiger partial charge is 0.230 e. The number of phenolic OH excluding ortho intramolecular Hbond substituents is 1. The summed E-state index contributed by atoms with van der Waals surface area (Å²) in [6.07, 6.45) is 0.0373. The molecule has 2 amide bonds. The van der Waals surface area contributed by atoms with Crippen LogP contribution >= 0.6 is 0 Å². The second-order valence-electron chi connectivity index (χ2n) is 6.74. The van der Waals surface area contributed by atoms with Crippen molar-refractivity contribution in [1.82, 2.24) is 4.90 Å². The van der Waals surface area contributed by atoms with Gasteiger partial charge in [-0.2, -0.15) is 0 Å².